The molecule has 0 bridgehead atoms. The van der Waals surface area contributed by atoms with Gasteiger partial charge in [-0.2, -0.15) is 22.3 Å². The normalized spacial score (nSPS) is 12.0. The van der Waals surface area contributed by atoms with Crippen LogP contribution in [0.5, 0.6) is 17.2 Å². The predicted molar refractivity (Wildman–Crippen MR) is 193 cm³/mol. The zero-order chi connectivity index (χ0) is 37.7. The summed E-state index contributed by atoms with van der Waals surface area (Å²) in [6.07, 6.45) is -5.08. The van der Waals surface area contributed by atoms with E-state index >= 15 is 21.6 Å². The lowest BCUT2D eigenvalue weighted by atomic mass is 10.0. The fraction of sp³-hybridized carbons (Fsp3) is 0.270. The second-order valence-corrected chi connectivity index (χ2v) is 19.4. The Labute approximate surface area is 302 Å². The Kier molecular flexibility index (Phi) is 11.4. The Hall–Kier alpha value is -5.17. The highest BCUT2D eigenvalue weighted by molar-refractivity contribution is 7.89. The first-order valence-electron chi connectivity index (χ1n) is 16.1. The maximum Gasteiger partial charge on any atom is 0.417 e. The average Bonchev–Trinajstić information content (AvgIpc) is 3.58. The lowest BCUT2D eigenvalue weighted by Crippen LogP contribution is -2.32. The summed E-state index contributed by atoms with van der Waals surface area (Å²) in [5, 5.41) is 12.6. The van der Waals surface area contributed by atoms with Crippen LogP contribution in [0.2, 0.25) is 19.6 Å². The van der Waals surface area contributed by atoms with E-state index in [-0.39, 0.29) is 36.6 Å². The molecule has 15 heteroatoms. The Morgan fingerprint density at radius 1 is 0.750 bits per heavy atom. The SMILES string of the molecule is COc1ccc(CN(Cc2ccc(OC)cc2)S(=O)(=O)c2c(C(F)(F)F)ccc(C#C[Si](C)(C)C)c2-c2nnn(Cc3ccc(OC)cc3)n2)cc1. The maximum absolute atomic E-state index is 15.0. The van der Waals surface area contributed by atoms with E-state index in [0.717, 1.165) is 15.9 Å². The first-order chi connectivity index (χ1) is 24.6. The zero-order valence-corrected chi connectivity index (χ0v) is 31.3. The molecule has 4 aromatic carbocycles. The van der Waals surface area contributed by atoms with Gasteiger partial charge in [0.25, 0.3) is 0 Å². The highest BCUT2D eigenvalue weighted by Crippen LogP contribution is 2.42. The van der Waals surface area contributed by atoms with Crippen molar-refractivity contribution in [2.45, 2.75) is 50.3 Å². The van der Waals surface area contributed by atoms with E-state index in [1.165, 1.54) is 25.1 Å². The van der Waals surface area contributed by atoms with Gasteiger partial charge in [0.15, 0.2) is 0 Å². The molecule has 0 aliphatic carbocycles. The Morgan fingerprint density at radius 3 is 1.67 bits per heavy atom. The van der Waals surface area contributed by atoms with Gasteiger partial charge in [0.05, 0.1) is 39.0 Å². The molecule has 0 unspecified atom stereocenters. The number of nitrogens with zero attached hydrogens (tertiary/aromatic N) is 5. The van der Waals surface area contributed by atoms with Gasteiger partial charge >= 0.3 is 6.18 Å². The van der Waals surface area contributed by atoms with Gasteiger partial charge in [0.1, 0.15) is 30.2 Å². The molecule has 0 spiro atoms. The minimum absolute atomic E-state index is 0.0341. The summed E-state index contributed by atoms with van der Waals surface area (Å²) >= 11 is 0. The van der Waals surface area contributed by atoms with Gasteiger partial charge in [0, 0.05) is 18.7 Å². The van der Waals surface area contributed by atoms with Crippen LogP contribution in [0.15, 0.2) is 89.8 Å². The zero-order valence-electron chi connectivity index (χ0n) is 29.5. The van der Waals surface area contributed by atoms with Crippen LogP contribution in [0.4, 0.5) is 13.2 Å². The number of hydrogen-bond acceptors (Lipinski definition) is 8. The van der Waals surface area contributed by atoms with E-state index in [2.05, 4.69) is 26.9 Å². The number of rotatable bonds is 12. The second-order valence-electron chi connectivity index (χ2n) is 12.8. The van der Waals surface area contributed by atoms with Gasteiger partial charge < -0.3 is 14.2 Å². The minimum atomic E-state index is -5.08. The summed E-state index contributed by atoms with van der Waals surface area (Å²) in [4.78, 5) is 0.184. The van der Waals surface area contributed by atoms with Crippen LogP contribution in [0.3, 0.4) is 0 Å². The fourth-order valence-corrected chi connectivity index (χ4v) is 7.51. The summed E-state index contributed by atoms with van der Waals surface area (Å²) in [5.41, 5.74) is 3.23. The average molecular weight is 750 g/mol. The maximum atomic E-state index is 15.0. The number of methoxy groups -OCH3 is 3. The minimum Gasteiger partial charge on any atom is -0.497 e. The third kappa shape index (κ3) is 9.18. The molecule has 0 radical (unpaired) electrons. The van der Waals surface area contributed by atoms with Gasteiger partial charge in [-0.15, -0.1) is 15.7 Å². The summed E-state index contributed by atoms with van der Waals surface area (Å²) in [7, 11) is -2.57. The van der Waals surface area contributed by atoms with Gasteiger partial charge in [0.2, 0.25) is 15.8 Å². The number of alkyl halides is 3. The van der Waals surface area contributed by atoms with Gasteiger partial charge in [-0.05, 0) is 70.4 Å². The topological polar surface area (TPSA) is 109 Å². The van der Waals surface area contributed by atoms with Crippen LogP contribution in [0.25, 0.3) is 11.4 Å². The number of hydrogen-bond donors (Lipinski definition) is 0. The molecule has 1 aromatic heterocycles. The summed E-state index contributed by atoms with van der Waals surface area (Å²) in [6.45, 7) is 5.48. The molecule has 0 saturated heterocycles. The molecule has 0 amide bonds. The molecule has 0 aliphatic rings. The standard InChI is InChI=1S/C37H38F3N5O5SSi/c1-48-30-14-7-26(8-15-30)23-44(24-27-9-16-31(49-2)17-10-27)51(46,47)35-33(37(38,39)40)20-13-29(21-22-52(4,5)6)34(35)36-41-43-45(42-36)25-28-11-18-32(50-3)19-12-28/h7-20H,23-25H2,1-6H3. The highest BCUT2D eigenvalue weighted by Gasteiger charge is 2.43. The third-order valence-corrected chi connectivity index (χ3v) is 10.6. The first kappa shape index (κ1) is 38.1. The number of halogens is 3. The molecular weight excluding hydrogens is 712 g/mol. The summed E-state index contributed by atoms with van der Waals surface area (Å²) in [6, 6.07) is 22.2. The smallest absolute Gasteiger partial charge is 0.417 e. The van der Waals surface area contributed by atoms with Crippen molar-refractivity contribution >= 4 is 18.1 Å². The molecule has 0 aliphatic heterocycles. The molecule has 10 nitrogen and oxygen atoms in total. The molecule has 272 valence electrons. The van der Waals surface area contributed by atoms with E-state index in [0.29, 0.717) is 28.4 Å². The number of ether oxygens (including phenoxy) is 3. The van der Waals surface area contributed by atoms with Gasteiger partial charge in [-0.1, -0.05) is 62.0 Å². The van der Waals surface area contributed by atoms with E-state index < -0.39 is 34.7 Å². The number of sulfonamides is 1. The van der Waals surface area contributed by atoms with Crippen molar-refractivity contribution in [3.63, 3.8) is 0 Å². The second kappa shape index (κ2) is 15.6. The van der Waals surface area contributed by atoms with E-state index in [9.17, 15) is 0 Å². The Balaban J connectivity index is 1.73. The Morgan fingerprint density at radius 2 is 1.23 bits per heavy atom. The molecule has 52 heavy (non-hydrogen) atoms. The van der Waals surface area contributed by atoms with E-state index in [1.54, 1.807) is 79.9 Å². The monoisotopic (exact) mass is 749 g/mol. The fourth-order valence-electron chi connectivity index (χ4n) is 5.18. The number of tetrazole rings is 1. The van der Waals surface area contributed by atoms with E-state index in [4.69, 9.17) is 14.2 Å². The van der Waals surface area contributed by atoms with Crippen LogP contribution in [-0.2, 0) is 35.8 Å². The van der Waals surface area contributed by atoms with Crippen molar-refractivity contribution < 1.29 is 35.8 Å². The first-order valence-corrected chi connectivity index (χ1v) is 21.0. The lowest BCUT2D eigenvalue weighted by molar-refractivity contribution is -0.139. The molecule has 5 rings (SSSR count). The summed E-state index contributed by atoms with van der Waals surface area (Å²) < 4.78 is 91.7. The number of benzene rings is 4. The van der Waals surface area contributed by atoms with Crippen LogP contribution in [-0.4, -0.2) is 62.3 Å². The van der Waals surface area contributed by atoms with E-state index in [1.807, 2.05) is 19.6 Å². The molecule has 0 fully saturated rings. The third-order valence-electron chi connectivity index (χ3n) is 7.83. The van der Waals surface area contributed by atoms with Crippen LogP contribution in [0.1, 0.15) is 27.8 Å². The van der Waals surface area contributed by atoms with Crippen LogP contribution >= 0.6 is 0 Å². The predicted octanol–water partition coefficient (Wildman–Crippen LogP) is 7.05. The molecule has 0 saturated carbocycles. The quantitative estimate of drug-likeness (QED) is 0.0987. The molecular formula is C37H38F3N5O5SSi. The molecule has 0 atom stereocenters. The van der Waals surface area contributed by atoms with Crippen molar-refractivity contribution in [3.05, 3.63) is 113 Å². The molecule has 5 aromatic rings. The van der Waals surface area contributed by atoms with Crippen molar-refractivity contribution in [2.24, 2.45) is 0 Å². The molecule has 1 heterocycles. The lowest BCUT2D eigenvalue weighted by Gasteiger charge is -2.26. The van der Waals surface area contributed by atoms with Gasteiger partial charge in [-0.3, -0.25) is 0 Å². The van der Waals surface area contributed by atoms with Crippen molar-refractivity contribution in [1.29, 1.82) is 0 Å². The summed E-state index contributed by atoms with van der Waals surface area (Å²) in [5.74, 6) is 4.37. The Bertz CT molecular complexity index is 2130. The molecule has 0 N–H and O–H groups in total. The largest absolute Gasteiger partial charge is 0.497 e. The van der Waals surface area contributed by atoms with Crippen LogP contribution in [0, 0.1) is 11.5 Å². The highest BCUT2D eigenvalue weighted by atomic mass is 32.2. The van der Waals surface area contributed by atoms with Crippen molar-refractivity contribution in [3.8, 4) is 40.1 Å². The van der Waals surface area contributed by atoms with Crippen molar-refractivity contribution in [1.82, 2.24) is 24.5 Å². The van der Waals surface area contributed by atoms with Crippen molar-refractivity contribution in [2.75, 3.05) is 21.3 Å². The number of aromatic nitrogens is 4. The van der Waals surface area contributed by atoms with Gasteiger partial charge in [-0.25, -0.2) is 8.42 Å². The van der Waals surface area contributed by atoms with Crippen LogP contribution < -0.4 is 14.2 Å².